The Morgan fingerprint density at radius 3 is 2.78 bits per heavy atom. The maximum atomic E-state index is 12.6. The monoisotopic (exact) mass is 421 g/mol. The topological polar surface area (TPSA) is 89.8 Å². The summed E-state index contributed by atoms with van der Waals surface area (Å²) in [6.45, 7) is 0.892. The number of hydrogen-bond acceptors (Lipinski definition) is 5. The van der Waals surface area contributed by atoms with Gasteiger partial charge in [0.15, 0.2) is 10.2 Å². The summed E-state index contributed by atoms with van der Waals surface area (Å²) < 4.78 is 34.4. The molecule has 0 radical (unpaired) electrons. The van der Waals surface area contributed by atoms with Crippen molar-refractivity contribution in [2.75, 3.05) is 13.2 Å². The van der Waals surface area contributed by atoms with E-state index < -0.39 is 15.9 Å². The van der Waals surface area contributed by atoms with Crippen LogP contribution < -0.4 is 4.72 Å². The lowest BCUT2D eigenvalue weighted by Gasteiger charge is -2.21. The molecule has 0 atom stereocenters. The maximum Gasteiger partial charge on any atom is 0.283 e. The molecule has 3 heterocycles. The molecule has 1 N–H and O–H groups in total. The highest BCUT2D eigenvalue weighted by molar-refractivity contribution is 9.10. The first-order chi connectivity index (χ1) is 10.9. The molecule has 23 heavy (non-hydrogen) atoms. The van der Waals surface area contributed by atoms with Gasteiger partial charge in [0.1, 0.15) is 5.65 Å². The van der Waals surface area contributed by atoms with E-state index in [1.165, 1.54) is 10.6 Å². The van der Waals surface area contributed by atoms with Crippen molar-refractivity contribution in [2.45, 2.75) is 17.9 Å². The highest BCUT2D eigenvalue weighted by atomic mass is 79.9. The van der Waals surface area contributed by atoms with Crippen LogP contribution in [0.4, 0.5) is 0 Å². The summed E-state index contributed by atoms with van der Waals surface area (Å²) in [5.41, 5.74) is 0.372. The third-order valence-corrected chi connectivity index (χ3v) is 5.79. The molecule has 1 aliphatic rings. The molecular formula is C13H13BrClN3O4S. The quantitative estimate of drug-likeness (QED) is 0.817. The van der Waals surface area contributed by atoms with Crippen LogP contribution in [-0.4, -0.2) is 36.9 Å². The molecule has 1 fully saturated rings. The SMILES string of the molecule is O=C(NS(=O)(=O)c1c(Cl)nc2ccc(Br)cn12)C1CCOCC1. The molecule has 0 aliphatic carbocycles. The lowest BCUT2D eigenvalue weighted by Crippen LogP contribution is -2.38. The van der Waals surface area contributed by atoms with Crippen LogP contribution in [0.15, 0.2) is 27.8 Å². The normalized spacial score (nSPS) is 16.6. The van der Waals surface area contributed by atoms with Crippen LogP contribution >= 0.6 is 27.5 Å². The third kappa shape index (κ3) is 3.37. The molecule has 1 amide bonds. The summed E-state index contributed by atoms with van der Waals surface area (Å²) in [5, 5.41) is -0.439. The number of rotatable bonds is 3. The largest absolute Gasteiger partial charge is 0.381 e. The van der Waals surface area contributed by atoms with Gasteiger partial charge in [-0.05, 0) is 40.9 Å². The van der Waals surface area contributed by atoms with Crippen molar-refractivity contribution in [1.82, 2.24) is 14.1 Å². The minimum Gasteiger partial charge on any atom is -0.381 e. The molecule has 0 aromatic carbocycles. The minimum absolute atomic E-state index is 0.185. The van der Waals surface area contributed by atoms with E-state index in [9.17, 15) is 13.2 Å². The van der Waals surface area contributed by atoms with Crippen LogP contribution in [0.2, 0.25) is 5.15 Å². The summed E-state index contributed by atoms with van der Waals surface area (Å²) in [6, 6.07) is 3.34. The Morgan fingerprint density at radius 2 is 2.09 bits per heavy atom. The Bertz CT molecular complexity index is 861. The van der Waals surface area contributed by atoms with Gasteiger partial charge in [-0.1, -0.05) is 11.6 Å². The number of hydrogen-bond donors (Lipinski definition) is 1. The van der Waals surface area contributed by atoms with Crippen molar-refractivity contribution in [3.05, 3.63) is 28.0 Å². The predicted octanol–water partition coefficient (Wildman–Crippen LogP) is 1.98. The molecule has 2 aromatic heterocycles. The van der Waals surface area contributed by atoms with Gasteiger partial charge in [-0.25, -0.2) is 9.71 Å². The number of pyridine rings is 1. The lowest BCUT2D eigenvalue weighted by molar-refractivity contribution is -0.125. The van der Waals surface area contributed by atoms with E-state index in [1.54, 1.807) is 12.1 Å². The van der Waals surface area contributed by atoms with Crippen molar-refractivity contribution >= 4 is 49.1 Å². The number of amides is 1. The number of fused-ring (bicyclic) bond motifs is 1. The molecule has 3 rings (SSSR count). The number of halogens is 2. The van der Waals surface area contributed by atoms with E-state index in [0.29, 0.717) is 36.2 Å². The van der Waals surface area contributed by atoms with Gasteiger partial charge >= 0.3 is 0 Å². The van der Waals surface area contributed by atoms with Crippen LogP contribution in [0.5, 0.6) is 0 Å². The summed E-state index contributed by atoms with van der Waals surface area (Å²) >= 11 is 9.24. The van der Waals surface area contributed by atoms with E-state index in [0.717, 1.165) is 0 Å². The molecule has 0 saturated carbocycles. The van der Waals surface area contributed by atoms with E-state index >= 15 is 0 Å². The predicted molar refractivity (Wildman–Crippen MR) is 86.8 cm³/mol. The van der Waals surface area contributed by atoms with Gasteiger partial charge in [-0.15, -0.1) is 0 Å². The van der Waals surface area contributed by atoms with Gasteiger partial charge in [-0.3, -0.25) is 9.20 Å². The molecule has 0 bridgehead atoms. The molecule has 1 aliphatic heterocycles. The third-order valence-electron chi connectivity index (χ3n) is 3.58. The number of ether oxygens (including phenoxy) is 1. The molecule has 0 spiro atoms. The summed E-state index contributed by atoms with van der Waals surface area (Å²) in [7, 11) is -4.13. The molecule has 0 unspecified atom stereocenters. The van der Waals surface area contributed by atoms with Gasteiger partial charge in [0, 0.05) is 29.8 Å². The summed E-state index contributed by atoms with van der Waals surface area (Å²) in [6.07, 6.45) is 2.52. The second-order valence-electron chi connectivity index (χ2n) is 5.14. The number of aromatic nitrogens is 2. The molecule has 1 saturated heterocycles. The Balaban J connectivity index is 1.94. The van der Waals surface area contributed by atoms with Gasteiger partial charge in [0.25, 0.3) is 10.0 Å². The maximum absolute atomic E-state index is 12.6. The van der Waals surface area contributed by atoms with Crippen molar-refractivity contribution in [3.63, 3.8) is 0 Å². The Hall–Kier alpha value is -1.16. The van der Waals surface area contributed by atoms with Gasteiger partial charge in [0.2, 0.25) is 5.91 Å². The van der Waals surface area contributed by atoms with E-state index in [-0.39, 0.29) is 16.1 Å². The number of imidazole rings is 1. The smallest absolute Gasteiger partial charge is 0.283 e. The van der Waals surface area contributed by atoms with Crippen LogP contribution in [0, 0.1) is 5.92 Å². The van der Waals surface area contributed by atoms with E-state index in [1.807, 2.05) is 0 Å². The first-order valence-corrected chi connectivity index (χ1v) is 9.51. The zero-order chi connectivity index (χ0) is 16.6. The van der Waals surface area contributed by atoms with Crippen LogP contribution in [0.25, 0.3) is 5.65 Å². The van der Waals surface area contributed by atoms with Gasteiger partial charge in [0.05, 0.1) is 0 Å². The van der Waals surface area contributed by atoms with E-state index in [4.69, 9.17) is 16.3 Å². The molecular weight excluding hydrogens is 410 g/mol. The average Bonchev–Trinajstić information content (AvgIpc) is 2.83. The van der Waals surface area contributed by atoms with Crippen molar-refractivity contribution < 1.29 is 17.9 Å². The minimum atomic E-state index is -4.13. The molecule has 10 heteroatoms. The van der Waals surface area contributed by atoms with E-state index in [2.05, 4.69) is 25.6 Å². The van der Waals surface area contributed by atoms with Gasteiger partial charge in [-0.2, -0.15) is 8.42 Å². The van der Waals surface area contributed by atoms with Crippen molar-refractivity contribution in [3.8, 4) is 0 Å². The Labute approximate surface area is 146 Å². The number of carbonyl (C=O) groups is 1. The second kappa shape index (κ2) is 6.39. The Kier molecular flexibility index (Phi) is 4.63. The fraction of sp³-hybridized carbons (Fsp3) is 0.385. The van der Waals surface area contributed by atoms with Crippen molar-refractivity contribution in [1.29, 1.82) is 0 Å². The summed E-state index contributed by atoms with van der Waals surface area (Å²) in [5.74, 6) is -0.933. The Morgan fingerprint density at radius 1 is 1.39 bits per heavy atom. The van der Waals surface area contributed by atoms with Crippen LogP contribution in [-0.2, 0) is 19.6 Å². The second-order valence-corrected chi connectivity index (χ2v) is 8.01. The zero-order valence-electron chi connectivity index (χ0n) is 11.8. The number of nitrogens with zero attached hydrogens (tertiary/aromatic N) is 2. The highest BCUT2D eigenvalue weighted by Crippen LogP contribution is 2.25. The number of carbonyl (C=O) groups excluding carboxylic acids is 1. The fourth-order valence-electron chi connectivity index (χ4n) is 2.43. The highest BCUT2D eigenvalue weighted by Gasteiger charge is 2.30. The summed E-state index contributed by atoms with van der Waals surface area (Å²) in [4.78, 5) is 16.2. The standard InChI is InChI=1S/C13H13BrClN3O4S/c14-9-1-2-10-16-11(15)13(18(10)7-9)23(20,21)17-12(19)8-3-5-22-6-4-8/h1-2,7-8H,3-6H2,(H,17,19). The first kappa shape index (κ1) is 16.7. The van der Waals surface area contributed by atoms with Crippen LogP contribution in [0.3, 0.4) is 0 Å². The zero-order valence-corrected chi connectivity index (χ0v) is 15.0. The van der Waals surface area contributed by atoms with Crippen molar-refractivity contribution in [2.24, 2.45) is 5.92 Å². The van der Waals surface area contributed by atoms with Crippen LogP contribution in [0.1, 0.15) is 12.8 Å². The molecule has 2 aromatic rings. The number of sulfonamides is 1. The van der Waals surface area contributed by atoms with Gasteiger partial charge < -0.3 is 4.74 Å². The molecule has 124 valence electrons. The molecule has 7 nitrogen and oxygen atoms in total. The fourth-order valence-corrected chi connectivity index (χ4v) is 4.45. The average molecular weight is 423 g/mol. The first-order valence-electron chi connectivity index (χ1n) is 6.86. The lowest BCUT2D eigenvalue weighted by atomic mass is 10.0. The number of nitrogens with one attached hydrogen (secondary N) is 1.